The van der Waals surface area contributed by atoms with E-state index in [1.54, 1.807) is 58.0 Å². The highest BCUT2D eigenvalue weighted by atomic mass is 31.2. The minimum Gasteiger partial charge on any atom is -0.468 e. The summed E-state index contributed by atoms with van der Waals surface area (Å²) in [6, 6.07) is 9.89. The minimum atomic E-state index is -4.53. The normalized spacial score (nSPS) is 23.0. The van der Waals surface area contributed by atoms with Crippen molar-refractivity contribution in [2.24, 2.45) is 11.8 Å². The van der Waals surface area contributed by atoms with Gasteiger partial charge in [0.25, 0.3) is 0 Å². The standard InChI is InChI=1S/C30H39FN5O10P/c1-17(2)27(37)43-24-23(21-12-13-22-26(32)33-16-34-36(21)22)45-30(14-31,25(24)44-28(38)18(3)4)15-42-47(40,35-19(5)29(39)41-6)46-20-10-8-7-9-11-20/h7-13,16-19,23-25H,14-15H2,1-6H3,(H,35,40)(H2,32,33,34)/t19-,23-,24-,25-,30+,47?/m0/s1. The molecule has 256 valence electrons. The Kier molecular flexibility index (Phi) is 11.2. The number of nitrogens with zero attached hydrogens (tertiary/aromatic N) is 3. The molecule has 1 unspecified atom stereocenters. The zero-order valence-electron chi connectivity index (χ0n) is 26.8. The fourth-order valence-corrected chi connectivity index (χ4v) is 6.27. The summed E-state index contributed by atoms with van der Waals surface area (Å²) in [6.45, 7) is 5.46. The van der Waals surface area contributed by atoms with E-state index in [0.717, 1.165) is 7.11 Å². The fourth-order valence-electron chi connectivity index (χ4n) is 4.73. The van der Waals surface area contributed by atoms with Crippen molar-refractivity contribution in [3.63, 3.8) is 0 Å². The lowest BCUT2D eigenvalue weighted by Gasteiger charge is -2.33. The van der Waals surface area contributed by atoms with Gasteiger partial charge in [0, 0.05) is 0 Å². The van der Waals surface area contributed by atoms with Crippen LogP contribution in [0.4, 0.5) is 10.2 Å². The Balaban J connectivity index is 1.80. The molecular weight excluding hydrogens is 640 g/mol. The number of halogens is 1. The van der Waals surface area contributed by atoms with Gasteiger partial charge in [0.2, 0.25) is 0 Å². The van der Waals surface area contributed by atoms with Gasteiger partial charge >= 0.3 is 25.7 Å². The molecule has 1 fully saturated rings. The summed E-state index contributed by atoms with van der Waals surface area (Å²) in [5.41, 5.74) is 4.45. The molecule has 1 aliphatic rings. The molecule has 0 amide bonds. The third-order valence-corrected chi connectivity index (χ3v) is 8.92. The van der Waals surface area contributed by atoms with Crippen LogP contribution in [-0.2, 0) is 42.4 Å². The first-order chi connectivity index (χ1) is 22.2. The number of carbonyl (C=O) groups is 3. The molecule has 0 saturated carbocycles. The van der Waals surface area contributed by atoms with Crippen LogP contribution in [0.15, 0.2) is 48.8 Å². The largest absolute Gasteiger partial charge is 0.468 e. The molecule has 6 atom stereocenters. The average molecular weight is 680 g/mol. The smallest absolute Gasteiger partial charge is 0.459 e. The molecular formula is C30H39FN5O10P. The van der Waals surface area contributed by atoms with Crippen LogP contribution >= 0.6 is 7.75 Å². The number of hydrogen-bond acceptors (Lipinski definition) is 13. The Bertz CT molecular complexity index is 1620. The molecule has 1 aliphatic heterocycles. The zero-order chi connectivity index (χ0) is 34.5. The molecule has 17 heteroatoms. The molecule has 0 radical (unpaired) electrons. The maximum absolute atomic E-state index is 15.6. The molecule has 3 aromatic rings. The van der Waals surface area contributed by atoms with Crippen molar-refractivity contribution in [1.29, 1.82) is 0 Å². The molecule has 47 heavy (non-hydrogen) atoms. The van der Waals surface area contributed by atoms with Crippen LogP contribution < -0.4 is 15.3 Å². The van der Waals surface area contributed by atoms with Gasteiger partial charge in [0.1, 0.15) is 36.4 Å². The van der Waals surface area contributed by atoms with Crippen molar-refractivity contribution in [2.75, 3.05) is 26.1 Å². The third kappa shape index (κ3) is 7.89. The highest BCUT2D eigenvalue weighted by molar-refractivity contribution is 7.52. The number of fused-ring (bicyclic) bond motifs is 1. The number of alkyl halides is 1. The Morgan fingerprint density at radius 3 is 2.32 bits per heavy atom. The lowest BCUT2D eigenvalue weighted by Crippen LogP contribution is -2.52. The van der Waals surface area contributed by atoms with E-state index in [2.05, 4.69) is 15.2 Å². The molecule has 3 N–H and O–H groups in total. The number of nitrogens with two attached hydrogens (primary N) is 1. The maximum Gasteiger partial charge on any atom is 0.459 e. The molecule has 0 bridgehead atoms. The number of rotatable bonds is 14. The first-order valence-corrected chi connectivity index (χ1v) is 16.4. The van der Waals surface area contributed by atoms with Gasteiger partial charge in [0.05, 0.1) is 31.2 Å². The van der Waals surface area contributed by atoms with Crippen molar-refractivity contribution < 1.29 is 51.3 Å². The van der Waals surface area contributed by atoms with Crippen molar-refractivity contribution in [2.45, 2.75) is 64.6 Å². The quantitative estimate of drug-likeness (QED) is 0.143. The number of anilines is 1. The number of nitrogen functional groups attached to an aromatic ring is 1. The topological polar surface area (TPSA) is 192 Å². The first kappa shape index (κ1) is 35.7. The third-order valence-electron chi connectivity index (χ3n) is 7.30. The van der Waals surface area contributed by atoms with Gasteiger partial charge in [-0.05, 0) is 31.2 Å². The summed E-state index contributed by atoms with van der Waals surface area (Å²) in [6.07, 6.45) is -3.15. The van der Waals surface area contributed by atoms with E-state index in [1.807, 2.05) is 0 Å². The molecule has 0 spiro atoms. The number of nitrogens with one attached hydrogen (secondary N) is 1. The van der Waals surface area contributed by atoms with Crippen LogP contribution in [0.5, 0.6) is 5.75 Å². The predicted molar refractivity (Wildman–Crippen MR) is 165 cm³/mol. The van der Waals surface area contributed by atoms with E-state index in [1.165, 1.54) is 29.9 Å². The molecule has 3 heterocycles. The lowest BCUT2D eigenvalue weighted by molar-refractivity contribution is -0.178. The maximum atomic E-state index is 15.6. The van der Waals surface area contributed by atoms with Crippen LogP contribution in [0.25, 0.3) is 5.52 Å². The number of benzene rings is 1. The summed E-state index contributed by atoms with van der Waals surface area (Å²) in [5.74, 6) is -3.30. The van der Waals surface area contributed by atoms with Crippen LogP contribution in [0.1, 0.15) is 46.4 Å². The molecule has 1 aromatic carbocycles. The van der Waals surface area contributed by atoms with E-state index in [9.17, 15) is 18.9 Å². The summed E-state index contributed by atoms with van der Waals surface area (Å²) in [4.78, 5) is 42.3. The van der Waals surface area contributed by atoms with E-state index in [4.69, 9.17) is 33.7 Å². The lowest BCUT2D eigenvalue weighted by atomic mass is 9.95. The number of ether oxygens (including phenoxy) is 4. The van der Waals surface area contributed by atoms with Crippen molar-refractivity contribution >= 4 is 37.0 Å². The van der Waals surface area contributed by atoms with Crippen molar-refractivity contribution in [3.8, 4) is 5.75 Å². The van der Waals surface area contributed by atoms with Gasteiger partial charge in [-0.25, -0.2) is 18.5 Å². The molecule has 2 aromatic heterocycles. The second-order valence-electron chi connectivity index (χ2n) is 11.6. The SMILES string of the molecule is COC(=O)[C@H](C)NP(=O)(OC[C@@]1(CF)O[C@@H](c2ccc3c(N)ncnn23)[C@H](OC(=O)C(C)C)[C@@H]1OC(=O)C(C)C)Oc1ccccc1. The number of aromatic nitrogens is 3. The van der Waals surface area contributed by atoms with Gasteiger partial charge in [-0.3, -0.25) is 18.9 Å². The van der Waals surface area contributed by atoms with E-state index >= 15 is 4.39 Å². The molecule has 4 rings (SSSR count). The number of carbonyl (C=O) groups excluding carboxylic acids is 3. The van der Waals surface area contributed by atoms with Gasteiger partial charge in [0.15, 0.2) is 23.6 Å². The van der Waals surface area contributed by atoms with E-state index < -0.39 is 80.7 Å². The second-order valence-corrected chi connectivity index (χ2v) is 13.2. The minimum absolute atomic E-state index is 0.100. The predicted octanol–water partition coefficient (Wildman–Crippen LogP) is 3.58. The Morgan fingerprint density at radius 1 is 1.04 bits per heavy atom. The van der Waals surface area contributed by atoms with Crippen LogP contribution in [-0.4, -0.2) is 76.7 Å². The number of hydrogen-bond donors (Lipinski definition) is 2. The fraction of sp³-hybridized carbons (Fsp3) is 0.500. The Hall–Kier alpha value is -4.11. The number of methoxy groups -OCH3 is 1. The van der Waals surface area contributed by atoms with E-state index in [0.29, 0.717) is 5.52 Å². The van der Waals surface area contributed by atoms with Crippen LogP contribution in [0.3, 0.4) is 0 Å². The zero-order valence-corrected chi connectivity index (χ0v) is 27.7. The number of esters is 3. The Morgan fingerprint density at radius 2 is 1.70 bits per heavy atom. The summed E-state index contributed by atoms with van der Waals surface area (Å²) >= 11 is 0. The molecule has 0 aliphatic carbocycles. The Labute approximate surface area is 270 Å². The van der Waals surface area contributed by atoms with Gasteiger partial charge in [-0.1, -0.05) is 45.9 Å². The van der Waals surface area contributed by atoms with Crippen LogP contribution in [0.2, 0.25) is 0 Å². The summed E-state index contributed by atoms with van der Waals surface area (Å²) in [5, 5.41) is 6.72. The summed E-state index contributed by atoms with van der Waals surface area (Å²) in [7, 11) is -3.39. The average Bonchev–Trinajstić information content (AvgIpc) is 3.60. The second kappa shape index (κ2) is 14.8. The van der Waals surface area contributed by atoms with Crippen molar-refractivity contribution in [1.82, 2.24) is 19.7 Å². The first-order valence-electron chi connectivity index (χ1n) is 14.8. The molecule has 15 nitrogen and oxygen atoms in total. The molecule has 1 saturated heterocycles. The monoisotopic (exact) mass is 679 g/mol. The number of para-hydroxylation sites is 1. The van der Waals surface area contributed by atoms with Crippen molar-refractivity contribution in [3.05, 3.63) is 54.5 Å². The van der Waals surface area contributed by atoms with Crippen LogP contribution in [0, 0.1) is 11.8 Å². The van der Waals surface area contributed by atoms with Gasteiger partial charge < -0.3 is 29.2 Å². The summed E-state index contributed by atoms with van der Waals surface area (Å²) < 4.78 is 65.3. The van der Waals surface area contributed by atoms with E-state index in [-0.39, 0.29) is 17.3 Å². The van der Waals surface area contributed by atoms with Gasteiger partial charge in [-0.2, -0.15) is 10.2 Å². The highest BCUT2D eigenvalue weighted by Gasteiger charge is 2.62. The van der Waals surface area contributed by atoms with Gasteiger partial charge in [-0.15, -0.1) is 0 Å². The highest BCUT2D eigenvalue weighted by Crippen LogP contribution is 2.50.